The molecule has 55 heavy (non-hydrogen) atoms. The summed E-state index contributed by atoms with van der Waals surface area (Å²) in [4.78, 5) is 0.200. The Kier molecular flexibility index (Phi) is 20.8. The van der Waals surface area contributed by atoms with Crippen molar-refractivity contribution >= 4 is 35.0 Å². The number of aryl methyl sites for hydroxylation is 1. The number of aliphatic hydroxyl groups excluding tert-OH is 1. The highest BCUT2D eigenvalue weighted by Crippen LogP contribution is 2.41. The Bertz CT molecular complexity index is 1350. The van der Waals surface area contributed by atoms with Crippen LogP contribution in [0.3, 0.4) is 0 Å². The van der Waals surface area contributed by atoms with Gasteiger partial charge in [0.15, 0.2) is 25.0 Å². The van der Waals surface area contributed by atoms with E-state index in [-0.39, 0.29) is 26.6 Å². The summed E-state index contributed by atoms with van der Waals surface area (Å²) in [5.74, 6) is 0.645. The molecule has 0 aliphatic rings. The summed E-state index contributed by atoms with van der Waals surface area (Å²) in [5.41, 5.74) is 0.990. The third-order valence-corrected chi connectivity index (χ3v) is 27.9. The molecule has 0 amide bonds. The van der Waals surface area contributed by atoms with Gasteiger partial charge in [-0.05, 0) is 98.6 Å². The van der Waals surface area contributed by atoms with Crippen molar-refractivity contribution in [3.63, 3.8) is 0 Å². The number of hydrogen-bond donors (Lipinski definition) is 2. The molecule has 0 heterocycles. The van der Waals surface area contributed by atoms with Crippen LogP contribution in [0.5, 0.6) is 0 Å². The van der Waals surface area contributed by atoms with Crippen LogP contribution in [0.15, 0.2) is 29.2 Å². The first-order valence-electron chi connectivity index (χ1n) is 21.6. The largest absolute Gasteiger partial charge is 0.415 e. The molecule has 1 aromatic rings. The molecule has 0 aromatic heterocycles. The highest BCUT2D eigenvalue weighted by molar-refractivity contribution is 7.89. The third kappa shape index (κ3) is 18.2. The van der Waals surface area contributed by atoms with Crippen LogP contribution in [0.25, 0.3) is 0 Å². The maximum Gasteiger partial charge on any atom is 0.240 e. The first kappa shape index (κ1) is 52.6. The van der Waals surface area contributed by atoms with E-state index in [0.29, 0.717) is 18.4 Å². The lowest BCUT2D eigenvalue weighted by molar-refractivity contribution is -0.00692. The van der Waals surface area contributed by atoms with E-state index in [4.69, 9.17) is 13.3 Å². The molecule has 11 heteroatoms. The highest BCUT2D eigenvalue weighted by Gasteiger charge is 2.45. The van der Waals surface area contributed by atoms with E-state index in [2.05, 4.69) is 120 Å². The van der Waals surface area contributed by atoms with Crippen LogP contribution in [0.1, 0.15) is 152 Å². The van der Waals surface area contributed by atoms with Gasteiger partial charge in [0.1, 0.15) is 0 Å². The lowest BCUT2D eigenvalue weighted by Gasteiger charge is -2.44. The summed E-state index contributed by atoms with van der Waals surface area (Å²) in [7, 11) is -10.4. The van der Waals surface area contributed by atoms with Crippen molar-refractivity contribution < 1.29 is 26.8 Å². The summed E-state index contributed by atoms with van der Waals surface area (Å²) in [5, 5.41) is 12.0. The van der Waals surface area contributed by atoms with E-state index in [1.807, 2.05) is 19.1 Å². The lowest BCUT2D eigenvalue weighted by atomic mass is 9.99. The number of nitrogens with one attached hydrogen (secondary N) is 1. The second-order valence-corrected chi connectivity index (χ2v) is 37.6. The summed E-state index contributed by atoms with van der Waals surface area (Å²) in [6.07, 6.45) is 10.8. The number of benzene rings is 1. The zero-order valence-corrected chi connectivity index (χ0v) is 42.9. The fourth-order valence-electron chi connectivity index (χ4n) is 5.94. The summed E-state index contributed by atoms with van der Waals surface area (Å²) < 4.78 is 51.2. The van der Waals surface area contributed by atoms with Gasteiger partial charge in [-0.2, -0.15) is 0 Å². The van der Waals surface area contributed by atoms with Crippen LogP contribution in [0, 0.1) is 12.8 Å². The van der Waals surface area contributed by atoms with Gasteiger partial charge in [-0.1, -0.05) is 145 Å². The molecule has 0 aliphatic carbocycles. The van der Waals surface area contributed by atoms with Crippen molar-refractivity contribution in [3.8, 4) is 0 Å². The number of hydrogen-bond acceptors (Lipinski definition) is 6. The van der Waals surface area contributed by atoms with Gasteiger partial charge >= 0.3 is 0 Å². The van der Waals surface area contributed by atoms with Gasteiger partial charge in [-0.25, -0.2) is 13.1 Å². The molecule has 0 saturated carbocycles. The molecule has 0 aliphatic heterocycles. The fraction of sp³-hybridized carbons (Fsp3) is 0.864. The molecule has 2 N–H and O–H groups in total. The minimum Gasteiger partial charge on any atom is -0.415 e. The van der Waals surface area contributed by atoms with Crippen molar-refractivity contribution in [2.24, 2.45) is 5.92 Å². The molecule has 0 bridgehead atoms. The maximum atomic E-state index is 13.9. The first-order valence-corrected chi connectivity index (χ1v) is 31.8. The van der Waals surface area contributed by atoms with Crippen LogP contribution >= 0.6 is 0 Å². The predicted molar refractivity (Wildman–Crippen MR) is 244 cm³/mol. The van der Waals surface area contributed by atoms with E-state index in [1.54, 1.807) is 12.1 Å². The van der Waals surface area contributed by atoms with E-state index >= 15 is 0 Å². The van der Waals surface area contributed by atoms with Gasteiger partial charge in [0, 0.05) is 6.10 Å². The predicted octanol–water partition coefficient (Wildman–Crippen LogP) is 12.8. The molecule has 0 fully saturated rings. The molecular formula is C44H89NO6SSi3. The number of unbranched alkanes of at least 4 members (excludes halogenated alkanes) is 7. The maximum absolute atomic E-state index is 13.9. The zero-order valence-electron chi connectivity index (χ0n) is 39.1. The van der Waals surface area contributed by atoms with Crippen molar-refractivity contribution in [2.45, 2.75) is 237 Å². The average Bonchev–Trinajstić information content (AvgIpc) is 3.00. The quantitative estimate of drug-likeness (QED) is 0.0752. The molecule has 4 atom stereocenters. The SMILES string of the molecule is Cc1ccc(S(=O)(=O)N[C@@H](CO[Si](C)(C)C(C)(C)C)[C@H](O[Si](C)(C)C(C)(C)C)[C@H](O)CCCCCCCCCC[C@H](CC(C)C)O[Si](C)(C)C(C)(C)C)cc1. The molecule has 324 valence electrons. The summed E-state index contributed by atoms with van der Waals surface area (Å²) >= 11 is 0. The molecule has 1 rings (SSSR count). The minimum atomic E-state index is -3.91. The van der Waals surface area contributed by atoms with Gasteiger partial charge in [-0.3, -0.25) is 0 Å². The molecule has 7 nitrogen and oxygen atoms in total. The second-order valence-electron chi connectivity index (χ2n) is 21.6. The molecule has 0 saturated heterocycles. The molecule has 0 unspecified atom stereocenters. The van der Waals surface area contributed by atoms with E-state index in [1.165, 1.54) is 32.1 Å². The Morgan fingerprint density at radius 1 is 0.655 bits per heavy atom. The number of aliphatic hydroxyl groups is 1. The second kappa shape index (κ2) is 21.8. The Morgan fingerprint density at radius 2 is 1.07 bits per heavy atom. The van der Waals surface area contributed by atoms with Crippen LogP contribution < -0.4 is 4.72 Å². The van der Waals surface area contributed by atoms with E-state index in [0.717, 1.165) is 37.7 Å². The van der Waals surface area contributed by atoms with E-state index in [9.17, 15) is 13.5 Å². The summed E-state index contributed by atoms with van der Waals surface area (Å²) in [6.45, 7) is 40.2. The third-order valence-electron chi connectivity index (χ3n) is 12.9. The molecular weight excluding hydrogens is 755 g/mol. The van der Waals surface area contributed by atoms with Crippen LogP contribution in [0.4, 0.5) is 0 Å². The Hall–Kier alpha value is -0.379. The molecule has 1 aromatic carbocycles. The Morgan fingerprint density at radius 3 is 1.51 bits per heavy atom. The number of rotatable bonds is 25. The van der Waals surface area contributed by atoms with Crippen molar-refractivity contribution in [2.75, 3.05) is 6.61 Å². The first-order chi connectivity index (χ1) is 24.8. The zero-order chi connectivity index (χ0) is 42.7. The van der Waals surface area contributed by atoms with Crippen molar-refractivity contribution in [3.05, 3.63) is 29.8 Å². The lowest BCUT2D eigenvalue weighted by Crippen LogP contribution is -2.58. The van der Waals surface area contributed by atoms with Gasteiger partial charge in [0.05, 0.1) is 29.8 Å². The normalized spacial score (nSPS) is 16.4. The van der Waals surface area contributed by atoms with E-state index < -0.39 is 53.2 Å². The Balaban J connectivity index is 2.97. The Labute approximate surface area is 344 Å². The smallest absolute Gasteiger partial charge is 0.240 e. The van der Waals surface area contributed by atoms with Crippen molar-refractivity contribution in [1.29, 1.82) is 0 Å². The van der Waals surface area contributed by atoms with Crippen LogP contribution in [-0.2, 0) is 23.3 Å². The molecule has 0 spiro atoms. The topological polar surface area (TPSA) is 94.1 Å². The van der Waals surface area contributed by atoms with Crippen LogP contribution in [0.2, 0.25) is 54.4 Å². The standard InChI is InChI=1S/C44H89NO6SSi3/c1-35(2)33-37(50-54(15,16)43(7,8)9)27-25-23-21-19-20-22-24-26-28-40(46)41(51-55(17,18)44(10,11)12)39(34-49-53(13,14)42(4,5)6)45-52(47,48)38-31-29-36(3)30-32-38/h29-32,35,37,39-41,45-46H,19-28,33-34H2,1-18H3/t37-,39+,40-,41+/m1/s1. The van der Waals surface area contributed by atoms with Gasteiger partial charge in [0.25, 0.3) is 0 Å². The fourth-order valence-corrected chi connectivity index (χ4v) is 11.0. The number of sulfonamides is 1. The van der Waals surface area contributed by atoms with Gasteiger partial charge in [-0.15, -0.1) is 0 Å². The molecule has 0 radical (unpaired) electrons. The monoisotopic (exact) mass is 844 g/mol. The highest BCUT2D eigenvalue weighted by atomic mass is 32.2. The van der Waals surface area contributed by atoms with Crippen molar-refractivity contribution in [1.82, 2.24) is 4.72 Å². The summed E-state index contributed by atoms with van der Waals surface area (Å²) in [6, 6.07) is 6.14. The van der Waals surface area contributed by atoms with Gasteiger partial charge < -0.3 is 18.4 Å². The van der Waals surface area contributed by atoms with Crippen LogP contribution in [-0.4, -0.2) is 69.4 Å². The van der Waals surface area contributed by atoms with Gasteiger partial charge in [0.2, 0.25) is 10.0 Å². The average molecular weight is 845 g/mol. The minimum absolute atomic E-state index is 0.0585.